The predicted octanol–water partition coefficient (Wildman–Crippen LogP) is 5.30. The summed E-state index contributed by atoms with van der Waals surface area (Å²) in [4.78, 5) is 16.5. The van der Waals surface area contributed by atoms with Gasteiger partial charge in [-0.25, -0.2) is 0 Å². The van der Waals surface area contributed by atoms with E-state index in [1.165, 1.54) is 0 Å². The van der Waals surface area contributed by atoms with Crippen LogP contribution in [0.4, 0.5) is 11.4 Å². The number of hydrogen-bond donors (Lipinski definition) is 2. The molecule has 0 fully saturated rings. The van der Waals surface area contributed by atoms with Crippen molar-refractivity contribution in [3.8, 4) is 11.5 Å². The molecular weight excluding hydrogens is 413 g/mol. The van der Waals surface area contributed by atoms with Crippen LogP contribution in [0.15, 0.2) is 60.9 Å². The molecule has 2 aromatic carbocycles. The highest BCUT2D eigenvalue weighted by molar-refractivity contribution is 6.35. The molecule has 4 rings (SSSR count). The molecule has 1 aliphatic rings. The molecule has 0 unspecified atom stereocenters. The lowest BCUT2D eigenvalue weighted by molar-refractivity contribution is -0.122. The molecule has 1 aliphatic heterocycles. The van der Waals surface area contributed by atoms with Crippen molar-refractivity contribution in [2.75, 3.05) is 10.6 Å². The normalized spacial score (nSPS) is 15.6. The van der Waals surface area contributed by atoms with E-state index in [4.69, 9.17) is 32.7 Å². The van der Waals surface area contributed by atoms with Crippen molar-refractivity contribution in [2.24, 2.45) is 0 Å². The largest absolute Gasteiger partial charge is 0.479 e. The smallest absolute Gasteiger partial charge is 0.265 e. The van der Waals surface area contributed by atoms with Gasteiger partial charge in [0, 0.05) is 28.7 Å². The second-order valence-electron chi connectivity index (χ2n) is 6.46. The lowest BCUT2D eigenvalue weighted by Gasteiger charge is -2.16. The lowest BCUT2D eigenvalue weighted by atomic mass is 10.2. The Labute approximate surface area is 177 Å². The predicted molar refractivity (Wildman–Crippen MR) is 113 cm³/mol. The summed E-state index contributed by atoms with van der Waals surface area (Å²) < 4.78 is 11.6. The second-order valence-corrected chi connectivity index (χ2v) is 7.30. The van der Waals surface area contributed by atoms with Crippen molar-refractivity contribution in [1.82, 2.24) is 4.98 Å². The Bertz CT molecular complexity index is 1050. The van der Waals surface area contributed by atoms with Crippen molar-refractivity contribution >= 4 is 40.5 Å². The molecule has 148 valence electrons. The summed E-state index contributed by atoms with van der Waals surface area (Å²) in [5, 5.41) is 6.97. The molecular formula is C21H17Cl2N3O3. The van der Waals surface area contributed by atoms with Crippen LogP contribution in [0.1, 0.15) is 18.7 Å². The zero-order chi connectivity index (χ0) is 20.4. The Kier molecular flexibility index (Phi) is 5.47. The number of nitrogens with one attached hydrogen (secondary N) is 2. The van der Waals surface area contributed by atoms with Crippen molar-refractivity contribution < 1.29 is 14.3 Å². The van der Waals surface area contributed by atoms with E-state index in [9.17, 15) is 4.79 Å². The third kappa shape index (κ3) is 4.39. The van der Waals surface area contributed by atoms with Gasteiger partial charge in [0.2, 0.25) is 0 Å². The van der Waals surface area contributed by atoms with Gasteiger partial charge in [0.1, 0.15) is 11.5 Å². The fourth-order valence-corrected chi connectivity index (χ4v) is 3.32. The monoisotopic (exact) mass is 429 g/mol. The average molecular weight is 430 g/mol. The van der Waals surface area contributed by atoms with Gasteiger partial charge in [-0.15, -0.1) is 0 Å². The van der Waals surface area contributed by atoms with Gasteiger partial charge >= 0.3 is 0 Å². The standard InChI is InChI=1S/C21H17Cl2N3O3/c1-12(28-18-4-2-14(22)10-16(18)23)20(27)25-15-3-5-19-17(11-15)26-21(29-19)13-6-8-24-9-7-13/h2-12,21,26H,1H3,(H,25,27)/t12-,21+/m0/s1. The topological polar surface area (TPSA) is 72.5 Å². The Balaban J connectivity index is 1.41. The molecule has 6 nitrogen and oxygen atoms in total. The Morgan fingerprint density at radius 1 is 1.17 bits per heavy atom. The van der Waals surface area contributed by atoms with E-state index >= 15 is 0 Å². The number of carbonyl (C=O) groups is 1. The molecule has 2 heterocycles. The Hall–Kier alpha value is -2.96. The third-order valence-corrected chi connectivity index (χ3v) is 4.88. The van der Waals surface area contributed by atoms with Crippen molar-refractivity contribution in [3.05, 3.63) is 76.5 Å². The number of ether oxygens (including phenoxy) is 2. The molecule has 1 aromatic heterocycles. The summed E-state index contributed by atoms with van der Waals surface area (Å²) in [5.41, 5.74) is 2.38. The van der Waals surface area contributed by atoms with Gasteiger partial charge in [0.15, 0.2) is 12.3 Å². The Morgan fingerprint density at radius 2 is 1.97 bits per heavy atom. The van der Waals surface area contributed by atoms with Crippen molar-refractivity contribution in [2.45, 2.75) is 19.3 Å². The number of anilines is 2. The first-order valence-electron chi connectivity index (χ1n) is 8.89. The van der Waals surface area contributed by atoms with Crippen LogP contribution in [-0.2, 0) is 4.79 Å². The van der Waals surface area contributed by atoms with Crippen molar-refractivity contribution in [3.63, 3.8) is 0 Å². The van der Waals surface area contributed by atoms with Gasteiger partial charge in [-0.3, -0.25) is 9.78 Å². The quantitative estimate of drug-likeness (QED) is 0.575. The van der Waals surface area contributed by atoms with Crippen LogP contribution in [0, 0.1) is 0 Å². The minimum Gasteiger partial charge on any atom is -0.479 e. The van der Waals surface area contributed by atoms with E-state index in [0.717, 1.165) is 11.3 Å². The van der Waals surface area contributed by atoms with Gasteiger partial charge in [0.05, 0.1) is 10.7 Å². The number of hydrogen-bond acceptors (Lipinski definition) is 5. The minimum absolute atomic E-state index is 0.298. The Morgan fingerprint density at radius 3 is 2.72 bits per heavy atom. The van der Waals surface area contributed by atoms with Crippen LogP contribution in [0.3, 0.4) is 0 Å². The molecule has 0 saturated carbocycles. The van der Waals surface area contributed by atoms with Crippen molar-refractivity contribution in [1.29, 1.82) is 0 Å². The van der Waals surface area contributed by atoms with E-state index in [0.29, 0.717) is 27.2 Å². The number of aromatic nitrogens is 1. The molecule has 0 saturated heterocycles. The number of rotatable bonds is 5. The SMILES string of the molecule is C[C@H](Oc1ccc(Cl)cc1Cl)C(=O)Nc1ccc2c(c1)N[C@@H](c1ccncc1)O2. The van der Waals surface area contributed by atoms with E-state index in [2.05, 4.69) is 15.6 Å². The minimum atomic E-state index is -0.754. The maximum atomic E-state index is 12.5. The number of nitrogens with zero attached hydrogens (tertiary/aromatic N) is 1. The summed E-state index contributed by atoms with van der Waals surface area (Å²) >= 11 is 12.0. The molecule has 8 heteroatoms. The maximum absolute atomic E-state index is 12.5. The van der Waals surface area contributed by atoms with Gasteiger partial charge in [0.25, 0.3) is 5.91 Å². The van der Waals surface area contributed by atoms with E-state index in [-0.39, 0.29) is 12.1 Å². The van der Waals surface area contributed by atoms with Gasteiger partial charge in [-0.05, 0) is 55.5 Å². The fourth-order valence-electron chi connectivity index (χ4n) is 2.87. The zero-order valence-electron chi connectivity index (χ0n) is 15.4. The highest BCUT2D eigenvalue weighted by atomic mass is 35.5. The average Bonchev–Trinajstić information content (AvgIpc) is 3.14. The van der Waals surface area contributed by atoms with E-state index in [1.54, 1.807) is 49.6 Å². The third-order valence-electron chi connectivity index (χ3n) is 4.35. The highest BCUT2D eigenvalue weighted by Crippen LogP contribution is 2.39. The number of carbonyl (C=O) groups excluding carboxylic acids is 1. The van der Waals surface area contributed by atoms with Crippen LogP contribution in [0.2, 0.25) is 10.0 Å². The summed E-state index contributed by atoms with van der Waals surface area (Å²) in [7, 11) is 0. The summed E-state index contributed by atoms with van der Waals surface area (Å²) in [6.07, 6.45) is 2.37. The molecule has 3 aromatic rings. The lowest BCUT2D eigenvalue weighted by Crippen LogP contribution is -2.30. The summed E-state index contributed by atoms with van der Waals surface area (Å²) in [6, 6.07) is 14.0. The first-order valence-corrected chi connectivity index (χ1v) is 9.65. The number of pyridine rings is 1. The first-order chi connectivity index (χ1) is 14.0. The van der Waals surface area contributed by atoms with Crippen LogP contribution in [0.25, 0.3) is 0 Å². The molecule has 0 spiro atoms. The summed E-state index contributed by atoms with van der Waals surface area (Å²) in [6.45, 7) is 1.65. The molecule has 0 aliphatic carbocycles. The van der Waals surface area contributed by atoms with Crippen LogP contribution in [-0.4, -0.2) is 17.0 Å². The molecule has 2 atom stereocenters. The van der Waals surface area contributed by atoms with E-state index in [1.807, 2.05) is 18.2 Å². The zero-order valence-corrected chi connectivity index (χ0v) is 16.9. The number of amides is 1. The van der Waals surface area contributed by atoms with Crippen LogP contribution < -0.4 is 20.1 Å². The van der Waals surface area contributed by atoms with Crippen LogP contribution >= 0.6 is 23.2 Å². The van der Waals surface area contributed by atoms with Crippen LogP contribution in [0.5, 0.6) is 11.5 Å². The molecule has 29 heavy (non-hydrogen) atoms. The van der Waals surface area contributed by atoms with Gasteiger partial charge in [-0.2, -0.15) is 0 Å². The second kappa shape index (κ2) is 8.19. The molecule has 0 radical (unpaired) electrons. The van der Waals surface area contributed by atoms with Gasteiger partial charge in [-0.1, -0.05) is 23.2 Å². The molecule has 1 amide bonds. The first kappa shape index (κ1) is 19.4. The maximum Gasteiger partial charge on any atom is 0.265 e. The van der Waals surface area contributed by atoms with Gasteiger partial charge < -0.3 is 20.1 Å². The molecule has 2 N–H and O–H groups in total. The highest BCUT2D eigenvalue weighted by Gasteiger charge is 2.24. The van der Waals surface area contributed by atoms with E-state index < -0.39 is 6.10 Å². The summed E-state index contributed by atoms with van der Waals surface area (Å²) in [5.74, 6) is 0.797. The number of fused-ring (bicyclic) bond motifs is 1. The fraction of sp³-hybridized carbons (Fsp3) is 0.143. The number of benzene rings is 2. The number of halogens is 2. The molecule has 0 bridgehead atoms.